The van der Waals surface area contributed by atoms with Crippen molar-refractivity contribution in [1.82, 2.24) is 14.8 Å². The predicted octanol–water partition coefficient (Wildman–Crippen LogP) is 1.21. The first-order valence-corrected chi connectivity index (χ1v) is 6.38. The van der Waals surface area contributed by atoms with Crippen molar-refractivity contribution >= 4 is 10.8 Å². The van der Waals surface area contributed by atoms with Gasteiger partial charge in [-0.05, 0) is 18.3 Å². The predicted molar refractivity (Wildman–Crippen MR) is 54.3 cm³/mol. The summed E-state index contributed by atoms with van der Waals surface area (Å²) in [5, 5.41) is 8.27. The van der Waals surface area contributed by atoms with Crippen LogP contribution in [-0.2, 0) is 17.3 Å². The van der Waals surface area contributed by atoms with Crippen LogP contribution in [0.2, 0.25) is 0 Å². The Labute approximate surface area is 86.2 Å². The van der Waals surface area contributed by atoms with E-state index in [2.05, 4.69) is 17.1 Å². The zero-order chi connectivity index (χ0) is 10.2. The molecule has 0 aromatic carbocycles. The number of nitrogens with zero attached hydrogens (tertiary/aromatic N) is 3. The first-order valence-electron chi connectivity index (χ1n) is 4.82. The third kappa shape index (κ3) is 1.73. The molecule has 0 aliphatic heterocycles. The molecule has 4 nitrogen and oxygen atoms in total. The van der Waals surface area contributed by atoms with E-state index in [-0.39, 0.29) is 0 Å². The lowest BCUT2D eigenvalue weighted by Crippen LogP contribution is -2.31. The Morgan fingerprint density at radius 3 is 2.86 bits per heavy atom. The fraction of sp³-hybridized carbons (Fsp3) is 0.778. The van der Waals surface area contributed by atoms with Crippen LogP contribution in [0.3, 0.4) is 0 Å². The molecule has 2 rings (SSSR count). The molecule has 0 spiro atoms. The van der Waals surface area contributed by atoms with Gasteiger partial charge in [0.2, 0.25) is 5.16 Å². The van der Waals surface area contributed by atoms with Crippen LogP contribution in [0.1, 0.15) is 26.2 Å². The van der Waals surface area contributed by atoms with Crippen LogP contribution in [0.5, 0.6) is 0 Å². The van der Waals surface area contributed by atoms with E-state index in [1.165, 1.54) is 19.3 Å². The van der Waals surface area contributed by atoms with Crippen LogP contribution >= 0.6 is 0 Å². The maximum absolute atomic E-state index is 11.3. The monoisotopic (exact) mass is 213 g/mol. The fourth-order valence-corrected chi connectivity index (χ4v) is 2.53. The number of hydrogen-bond acceptors (Lipinski definition) is 3. The molecule has 1 aromatic rings. The zero-order valence-corrected chi connectivity index (χ0v) is 9.38. The van der Waals surface area contributed by atoms with E-state index in [1.807, 2.05) is 4.57 Å². The molecule has 0 amide bonds. The second-order valence-corrected chi connectivity index (χ2v) is 5.63. The smallest absolute Gasteiger partial charge is 0.221 e. The van der Waals surface area contributed by atoms with Crippen molar-refractivity contribution in [2.45, 2.75) is 37.9 Å². The average molecular weight is 213 g/mol. The van der Waals surface area contributed by atoms with Gasteiger partial charge in [0, 0.05) is 12.8 Å². The topological polar surface area (TPSA) is 47.8 Å². The van der Waals surface area contributed by atoms with Gasteiger partial charge in [-0.15, -0.1) is 10.2 Å². The zero-order valence-electron chi connectivity index (χ0n) is 8.56. The van der Waals surface area contributed by atoms with Gasteiger partial charge in [-0.25, -0.2) is 0 Å². The minimum Gasteiger partial charge on any atom is -0.306 e. The molecule has 1 saturated carbocycles. The largest absolute Gasteiger partial charge is 0.306 e. The van der Waals surface area contributed by atoms with Crippen molar-refractivity contribution in [3.8, 4) is 0 Å². The molecule has 1 atom stereocenters. The van der Waals surface area contributed by atoms with Gasteiger partial charge in [0.1, 0.15) is 6.33 Å². The van der Waals surface area contributed by atoms with Crippen LogP contribution in [0.25, 0.3) is 0 Å². The van der Waals surface area contributed by atoms with Gasteiger partial charge in [0.05, 0.1) is 10.8 Å². The number of hydrogen-bond donors (Lipinski definition) is 0. The summed E-state index contributed by atoms with van der Waals surface area (Å²) in [4.78, 5) is 0. The van der Waals surface area contributed by atoms with Gasteiger partial charge in [0.15, 0.2) is 0 Å². The summed E-state index contributed by atoms with van der Waals surface area (Å²) in [6.07, 6.45) is 7.13. The molecule has 14 heavy (non-hydrogen) atoms. The second kappa shape index (κ2) is 3.46. The lowest BCUT2D eigenvalue weighted by Gasteiger charge is -2.38. The lowest BCUT2D eigenvalue weighted by atomic mass is 9.70. The second-order valence-electron chi connectivity index (χ2n) is 4.36. The summed E-state index contributed by atoms with van der Waals surface area (Å²) in [7, 11) is -1.03. The highest BCUT2D eigenvalue weighted by Gasteiger charge is 2.32. The third-order valence-electron chi connectivity index (χ3n) is 2.95. The van der Waals surface area contributed by atoms with E-state index in [9.17, 15) is 4.21 Å². The summed E-state index contributed by atoms with van der Waals surface area (Å²) in [6.45, 7) is 3.16. The summed E-state index contributed by atoms with van der Waals surface area (Å²) in [5.41, 5.74) is 0.372. The van der Waals surface area contributed by atoms with E-state index in [0.29, 0.717) is 10.6 Å². The van der Waals surface area contributed by atoms with Crippen molar-refractivity contribution in [3.05, 3.63) is 6.33 Å². The van der Waals surface area contributed by atoms with Crippen LogP contribution in [0.15, 0.2) is 11.5 Å². The maximum atomic E-state index is 11.3. The Hall–Kier alpha value is -0.710. The summed E-state index contributed by atoms with van der Waals surface area (Å²) in [5.74, 6) is 0. The molecule has 1 aliphatic rings. The van der Waals surface area contributed by atoms with Crippen LogP contribution in [0, 0.1) is 5.41 Å². The van der Waals surface area contributed by atoms with Gasteiger partial charge in [-0.1, -0.05) is 13.3 Å². The highest BCUT2D eigenvalue weighted by molar-refractivity contribution is 7.84. The molecule has 0 N–H and O–H groups in total. The van der Waals surface area contributed by atoms with Crippen LogP contribution in [0.4, 0.5) is 0 Å². The first-order chi connectivity index (χ1) is 6.61. The van der Waals surface area contributed by atoms with Crippen molar-refractivity contribution in [1.29, 1.82) is 0 Å². The Bertz CT molecular complexity index is 357. The SMILES string of the molecule is CS(=O)c1nncn1CC1(C)CCC1. The van der Waals surface area contributed by atoms with Gasteiger partial charge in [0.25, 0.3) is 0 Å². The summed E-state index contributed by atoms with van der Waals surface area (Å²) >= 11 is 0. The molecular weight excluding hydrogens is 198 g/mol. The average Bonchev–Trinajstić information content (AvgIpc) is 2.49. The Balaban J connectivity index is 2.16. The highest BCUT2D eigenvalue weighted by atomic mass is 32.2. The Kier molecular flexibility index (Phi) is 2.43. The molecule has 78 valence electrons. The third-order valence-corrected chi connectivity index (χ3v) is 3.78. The van der Waals surface area contributed by atoms with E-state index in [1.54, 1.807) is 12.6 Å². The number of rotatable bonds is 3. The molecule has 0 saturated heterocycles. The van der Waals surface area contributed by atoms with E-state index >= 15 is 0 Å². The van der Waals surface area contributed by atoms with Crippen LogP contribution < -0.4 is 0 Å². The molecular formula is C9H15N3OS. The van der Waals surface area contributed by atoms with E-state index in [4.69, 9.17) is 0 Å². The highest BCUT2D eigenvalue weighted by Crippen LogP contribution is 2.41. The summed E-state index contributed by atoms with van der Waals surface area (Å²) in [6, 6.07) is 0. The normalized spacial score (nSPS) is 21.6. The van der Waals surface area contributed by atoms with Crippen molar-refractivity contribution in [2.75, 3.05) is 6.26 Å². The number of aromatic nitrogens is 3. The minimum absolute atomic E-state index is 0.372. The molecule has 5 heteroatoms. The Morgan fingerprint density at radius 2 is 2.36 bits per heavy atom. The van der Waals surface area contributed by atoms with Gasteiger partial charge in [-0.3, -0.25) is 4.21 Å². The quantitative estimate of drug-likeness (QED) is 0.758. The molecule has 1 fully saturated rings. The van der Waals surface area contributed by atoms with E-state index < -0.39 is 10.8 Å². The van der Waals surface area contributed by atoms with Crippen molar-refractivity contribution in [2.24, 2.45) is 5.41 Å². The first kappa shape index (κ1) is 9.83. The maximum Gasteiger partial charge on any atom is 0.221 e. The molecule has 1 aliphatic carbocycles. The molecule has 1 unspecified atom stereocenters. The molecule has 0 radical (unpaired) electrons. The Morgan fingerprint density at radius 1 is 1.64 bits per heavy atom. The van der Waals surface area contributed by atoms with Gasteiger partial charge < -0.3 is 4.57 Å². The standard InChI is InChI=1S/C9H15N3OS/c1-9(4-3-5-9)6-12-7-10-11-8(12)14(2)13/h7H,3-6H2,1-2H3. The van der Waals surface area contributed by atoms with Gasteiger partial charge >= 0.3 is 0 Å². The van der Waals surface area contributed by atoms with Crippen molar-refractivity contribution in [3.63, 3.8) is 0 Å². The fourth-order valence-electron chi connectivity index (χ4n) is 1.93. The molecule has 1 heterocycles. The molecule has 0 bridgehead atoms. The van der Waals surface area contributed by atoms with Crippen LogP contribution in [-0.4, -0.2) is 25.2 Å². The van der Waals surface area contributed by atoms with Crippen molar-refractivity contribution < 1.29 is 4.21 Å². The molecule has 1 aromatic heterocycles. The van der Waals surface area contributed by atoms with E-state index in [0.717, 1.165) is 6.54 Å². The van der Waals surface area contributed by atoms with Gasteiger partial charge in [-0.2, -0.15) is 0 Å². The summed E-state index contributed by atoms with van der Waals surface area (Å²) < 4.78 is 13.2. The minimum atomic E-state index is -1.03. The lowest BCUT2D eigenvalue weighted by molar-refractivity contribution is 0.128.